The Labute approximate surface area is 146 Å². The van der Waals surface area contributed by atoms with E-state index in [1.165, 1.54) is 0 Å². The molecule has 24 heavy (non-hydrogen) atoms. The Hall–Kier alpha value is -2.05. The lowest BCUT2D eigenvalue weighted by molar-refractivity contribution is -0.0152. The average molecular weight is 346 g/mol. The minimum atomic E-state index is -0.0491. The number of rotatable bonds is 4. The van der Waals surface area contributed by atoms with E-state index in [2.05, 4.69) is 16.8 Å². The van der Waals surface area contributed by atoms with Crippen LogP contribution in [0.15, 0.2) is 35.0 Å². The second kappa shape index (κ2) is 7.68. The predicted octanol–water partition coefficient (Wildman–Crippen LogP) is 3.35. The number of hydrogen-bond donors (Lipinski definition) is 1. The van der Waals surface area contributed by atoms with Crippen LogP contribution >= 0.6 is 11.3 Å². The number of thiophene rings is 1. The van der Waals surface area contributed by atoms with E-state index in [1.54, 1.807) is 18.4 Å². The van der Waals surface area contributed by atoms with E-state index in [9.17, 15) is 4.79 Å². The van der Waals surface area contributed by atoms with Crippen LogP contribution in [0.3, 0.4) is 0 Å². The highest BCUT2D eigenvalue weighted by Crippen LogP contribution is 2.24. The molecule has 1 N–H and O–H groups in total. The fraction of sp³-hybridized carbons (Fsp3) is 0.389. The van der Waals surface area contributed by atoms with Gasteiger partial charge < -0.3 is 19.7 Å². The molecule has 0 spiro atoms. The van der Waals surface area contributed by atoms with Crippen LogP contribution in [0.1, 0.15) is 22.8 Å². The van der Waals surface area contributed by atoms with Crippen LogP contribution in [-0.2, 0) is 11.3 Å². The van der Waals surface area contributed by atoms with E-state index in [0.29, 0.717) is 26.2 Å². The van der Waals surface area contributed by atoms with Crippen molar-refractivity contribution in [3.05, 3.63) is 51.7 Å². The maximum atomic E-state index is 12.4. The summed E-state index contributed by atoms with van der Waals surface area (Å²) in [4.78, 5) is 14.3. The lowest BCUT2D eigenvalue weighted by Gasteiger charge is -2.32. The van der Waals surface area contributed by atoms with Crippen molar-refractivity contribution in [1.29, 1.82) is 0 Å². The van der Waals surface area contributed by atoms with Crippen molar-refractivity contribution in [2.24, 2.45) is 0 Å². The molecule has 1 unspecified atom stereocenters. The summed E-state index contributed by atoms with van der Waals surface area (Å²) in [5.41, 5.74) is 3.26. The molecule has 0 radical (unpaired) electrons. The second-order valence-electron chi connectivity index (χ2n) is 5.82. The SMILES string of the molecule is COc1ccc(CNC(=O)N2CCOC(c3ccsc3)C2)cc1C. The van der Waals surface area contributed by atoms with Crippen LogP contribution in [0.5, 0.6) is 5.75 Å². The number of nitrogens with one attached hydrogen (secondary N) is 1. The number of benzene rings is 1. The van der Waals surface area contributed by atoms with Crippen LogP contribution in [0, 0.1) is 6.92 Å². The standard InChI is InChI=1S/C18H22N2O3S/c1-13-9-14(3-4-16(13)22-2)10-19-18(21)20-6-7-23-17(11-20)15-5-8-24-12-15/h3-5,8-9,12,17H,6-7,10-11H2,1-2H3,(H,19,21). The smallest absolute Gasteiger partial charge is 0.317 e. The highest BCUT2D eigenvalue weighted by Gasteiger charge is 2.25. The molecule has 128 valence electrons. The molecule has 1 atom stereocenters. The van der Waals surface area contributed by atoms with Crippen LogP contribution in [0.2, 0.25) is 0 Å². The summed E-state index contributed by atoms with van der Waals surface area (Å²) in [6, 6.07) is 7.94. The minimum Gasteiger partial charge on any atom is -0.496 e. The molecule has 6 heteroatoms. The number of urea groups is 1. The molecule has 1 aromatic heterocycles. The molecule has 2 aromatic rings. The van der Waals surface area contributed by atoms with Crippen LogP contribution in [0.4, 0.5) is 4.79 Å². The summed E-state index contributed by atoms with van der Waals surface area (Å²) in [6.45, 7) is 4.27. The summed E-state index contributed by atoms with van der Waals surface area (Å²) < 4.78 is 11.0. The van der Waals surface area contributed by atoms with Crippen molar-refractivity contribution in [1.82, 2.24) is 10.2 Å². The zero-order valence-electron chi connectivity index (χ0n) is 14.0. The second-order valence-corrected chi connectivity index (χ2v) is 6.60. The Bertz CT molecular complexity index is 688. The van der Waals surface area contributed by atoms with E-state index < -0.39 is 0 Å². The number of amides is 2. The quantitative estimate of drug-likeness (QED) is 0.924. The molecule has 2 amide bonds. The molecule has 1 saturated heterocycles. The molecule has 1 fully saturated rings. The summed E-state index contributed by atoms with van der Waals surface area (Å²) in [5, 5.41) is 7.10. The number of carbonyl (C=O) groups excluding carboxylic acids is 1. The summed E-state index contributed by atoms with van der Waals surface area (Å²) in [6.07, 6.45) is -0.0287. The van der Waals surface area contributed by atoms with Gasteiger partial charge in [0.2, 0.25) is 0 Å². The van der Waals surface area contributed by atoms with Crippen molar-refractivity contribution >= 4 is 17.4 Å². The molecule has 1 aromatic carbocycles. The van der Waals surface area contributed by atoms with E-state index in [1.807, 2.05) is 35.4 Å². The van der Waals surface area contributed by atoms with Gasteiger partial charge in [0, 0.05) is 13.1 Å². The number of carbonyl (C=O) groups is 1. The number of aryl methyl sites for hydroxylation is 1. The minimum absolute atomic E-state index is 0.0287. The number of morpholine rings is 1. The molecule has 1 aliphatic heterocycles. The third-order valence-electron chi connectivity index (χ3n) is 4.17. The maximum absolute atomic E-state index is 12.4. The van der Waals surface area contributed by atoms with Gasteiger partial charge in [0.05, 0.1) is 20.3 Å². The Morgan fingerprint density at radius 2 is 2.33 bits per heavy atom. The van der Waals surface area contributed by atoms with E-state index in [0.717, 1.165) is 22.4 Å². The van der Waals surface area contributed by atoms with Crippen LogP contribution in [0.25, 0.3) is 0 Å². The molecule has 3 rings (SSSR count). The van der Waals surface area contributed by atoms with Crippen LogP contribution < -0.4 is 10.1 Å². The summed E-state index contributed by atoms with van der Waals surface area (Å²) in [7, 11) is 1.66. The Balaban J connectivity index is 1.55. The Morgan fingerprint density at radius 1 is 1.46 bits per heavy atom. The van der Waals surface area contributed by atoms with E-state index in [4.69, 9.17) is 9.47 Å². The van der Waals surface area contributed by atoms with Gasteiger partial charge in [0.15, 0.2) is 0 Å². The van der Waals surface area contributed by atoms with Crippen molar-refractivity contribution in [2.75, 3.05) is 26.8 Å². The van der Waals surface area contributed by atoms with Gasteiger partial charge in [-0.1, -0.05) is 12.1 Å². The van der Waals surface area contributed by atoms with E-state index >= 15 is 0 Å². The van der Waals surface area contributed by atoms with Gasteiger partial charge in [-0.15, -0.1) is 0 Å². The average Bonchev–Trinajstić information content (AvgIpc) is 3.14. The van der Waals surface area contributed by atoms with Gasteiger partial charge in [0.25, 0.3) is 0 Å². The third kappa shape index (κ3) is 3.88. The molecular formula is C18H22N2O3S. The lowest BCUT2D eigenvalue weighted by atomic mass is 10.1. The first-order valence-corrected chi connectivity index (χ1v) is 8.91. The third-order valence-corrected chi connectivity index (χ3v) is 4.87. The number of methoxy groups -OCH3 is 1. The van der Waals surface area contributed by atoms with Gasteiger partial charge >= 0.3 is 6.03 Å². The Morgan fingerprint density at radius 3 is 3.04 bits per heavy atom. The fourth-order valence-corrected chi connectivity index (χ4v) is 3.54. The van der Waals surface area contributed by atoms with Crippen molar-refractivity contribution in [2.45, 2.75) is 19.6 Å². The maximum Gasteiger partial charge on any atom is 0.317 e. The van der Waals surface area contributed by atoms with Crippen LogP contribution in [-0.4, -0.2) is 37.7 Å². The molecular weight excluding hydrogens is 324 g/mol. The first kappa shape index (κ1) is 16.8. The molecule has 0 aliphatic carbocycles. The monoisotopic (exact) mass is 346 g/mol. The highest BCUT2D eigenvalue weighted by molar-refractivity contribution is 7.07. The lowest BCUT2D eigenvalue weighted by Crippen LogP contribution is -2.46. The van der Waals surface area contributed by atoms with E-state index in [-0.39, 0.29) is 12.1 Å². The molecule has 5 nitrogen and oxygen atoms in total. The predicted molar refractivity (Wildman–Crippen MR) is 94.6 cm³/mol. The van der Waals surface area contributed by atoms with Gasteiger partial charge in [-0.05, 0) is 46.5 Å². The fourth-order valence-electron chi connectivity index (χ4n) is 2.83. The first-order chi connectivity index (χ1) is 11.7. The molecule has 2 heterocycles. The van der Waals surface area contributed by atoms with Gasteiger partial charge in [-0.3, -0.25) is 0 Å². The normalized spacial score (nSPS) is 17.6. The number of ether oxygens (including phenoxy) is 2. The first-order valence-electron chi connectivity index (χ1n) is 7.97. The zero-order valence-corrected chi connectivity index (χ0v) is 14.8. The molecule has 0 bridgehead atoms. The largest absolute Gasteiger partial charge is 0.496 e. The molecule has 0 saturated carbocycles. The Kier molecular flexibility index (Phi) is 5.37. The highest BCUT2D eigenvalue weighted by atomic mass is 32.1. The summed E-state index contributed by atoms with van der Waals surface area (Å²) >= 11 is 1.65. The van der Waals surface area contributed by atoms with Crippen molar-refractivity contribution in [3.63, 3.8) is 0 Å². The van der Waals surface area contributed by atoms with Gasteiger partial charge in [-0.2, -0.15) is 11.3 Å². The van der Waals surface area contributed by atoms with Crippen molar-refractivity contribution in [3.8, 4) is 5.75 Å². The summed E-state index contributed by atoms with van der Waals surface area (Å²) in [5.74, 6) is 0.858. The molecule has 1 aliphatic rings. The van der Waals surface area contributed by atoms with Gasteiger partial charge in [-0.25, -0.2) is 4.79 Å². The number of hydrogen-bond acceptors (Lipinski definition) is 4. The topological polar surface area (TPSA) is 50.8 Å². The van der Waals surface area contributed by atoms with Gasteiger partial charge in [0.1, 0.15) is 11.9 Å². The van der Waals surface area contributed by atoms with Crippen molar-refractivity contribution < 1.29 is 14.3 Å². The zero-order chi connectivity index (χ0) is 16.9. The number of nitrogens with zero attached hydrogens (tertiary/aromatic N) is 1.